The lowest BCUT2D eigenvalue weighted by Crippen LogP contribution is -2.45. The quantitative estimate of drug-likeness (QED) is 0.763. The number of amides is 1. The molecule has 0 aliphatic carbocycles. The molecule has 1 aromatic heterocycles. The molecule has 2 N–H and O–H groups in total. The summed E-state index contributed by atoms with van der Waals surface area (Å²) in [4.78, 5) is 25.1. The van der Waals surface area contributed by atoms with Gasteiger partial charge < -0.3 is 15.0 Å². The summed E-state index contributed by atoms with van der Waals surface area (Å²) in [6.45, 7) is 7.09. The number of carboxylic acids is 1. The minimum Gasteiger partial charge on any atom is -0.480 e. The Morgan fingerprint density at radius 2 is 2.00 bits per heavy atom. The number of nitrogens with zero attached hydrogens (tertiary/aromatic N) is 2. The van der Waals surface area contributed by atoms with Crippen LogP contribution in [0.5, 0.6) is 0 Å². The molecule has 0 radical (unpaired) electrons. The van der Waals surface area contributed by atoms with Crippen LogP contribution in [0.15, 0.2) is 24.5 Å². The predicted octanol–water partition coefficient (Wildman–Crippen LogP) is 2.13. The molecule has 6 heteroatoms. The van der Waals surface area contributed by atoms with Crippen molar-refractivity contribution in [3.63, 3.8) is 0 Å². The second kappa shape index (κ2) is 8.33. The van der Waals surface area contributed by atoms with Gasteiger partial charge in [0.15, 0.2) is 0 Å². The number of aliphatic carboxylic acids is 1. The van der Waals surface area contributed by atoms with E-state index in [1.165, 1.54) is 6.92 Å². The first kappa shape index (κ1) is 18.5. The Balaban J connectivity index is 2.08. The van der Waals surface area contributed by atoms with E-state index in [1.807, 2.05) is 31.5 Å². The lowest BCUT2D eigenvalue weighted by molar-refractivity contribution is -0.142. The molecule has 24 heavy (non-hydrogen) atoms. The summed E-state index contributed by atoms with van der Waals surface area (Å²) in [5.74, 6) is -0.540. The Hall–Kier alpha value is -1.82. The van der Waals surface area contributed by atoms with E-state index < -0.39 is 12.0 Å². The van der Waals surface area contributed by atoms with Gasteiger partial charge in [0.05, 0.1) is 0 Å². The Morgan fingerprint density at radius 1 is 1.33 bits per heavy atom. The average Bonchev–Trinajstić information content (AvgIpc) is 3.15. The van der Waals surface area contributed by atoms with E-state index in [9.17, 15) is 14.7 Å². The zero-order valence-electron chi connectivity index (χ0n) is 14.8. The van der Waals surface area contributed by atoms with Crippen LogP contribution in [0.25, 0.3) is 0 Å². The molecule has 0 spiro atoms. The summed E-state index contributed by atoms with van der Waals surface area (Å²) in [6.07, 6.45) is 6.60. The van der Waals surface area contributed by atoms with Crippen molar-refractivity contribution < 1.29 is 14.7 Å². The van der Waals surface area contributed by atoms with E-state index in [1.54, 1.807) is 0 Å². The van der Waals surface area contributed by atoms with Crippen LogP contribution in [0, 0.1) is 5.92 Å². The summed E-state index contributed by atoms with van der Waals surface area (Å²) in [5.41, 5.74) is 0. The number of carboxylic acid groups (broad SMARTS) is 1. The number of aromatic nitrogens is 1. The van der Waals surface area contributed by atoms with E-state index in [0.717, 1.165) is 19.4 Å². The first-order valence-corrected chi connectivity index (χ1v) is 8.78. The number of hydrogen-bond acceptors (Lipinski definition) is 3. The van der Waals surface area contributed by atoms with Crippen molar-refractivity contribution in [2.75, 3.05) is 13.1 Å². The van der Waals surface area contributed by atoms with Gasteiger partial charge in [0.2, 0.25) is 5.91 Å². The van der Waals surface area contributed by atoms with Gasteiger partial charge in [-0.3, -0.25) is 14.5 Å². The van der Waals surface area contributed by atoms with Crippen LogP contribution in [-0.2, 0) is 9.59 Å². The molecule has 1 aliphatic heterocycles. The molecule has 0 aromatic carbocycles. The largest absolute Gasteiger partial charge is 0.480 e. The molecule has 134 valence electrons. The lowest BCUT2D eigenvalue weighted by Gasteiger charge is -2.30. The van der Waals surface area contributed by atoms with Crippen LogP contribution >= 0.6 is 0 Å². The summed E-state index contributed by atoms with van der Waals surface area (Å²) < 4.78 is 2.10. The van der Waals surface area contributed by atoms with Gasteiger partial charge in [0, 0.05) is 44.5 Å². The number of nitrogens with one attached hydrogen (secondary N) is 1. The predicted molar refractivity (Wildman–Crippen MR) is 92.8 cm³/mol. The van der Waals surface area contributed by atoms with Crippen molar-refractivity contribution in [1.82, 2.24) is 14.8 Å². The Kier molecular flexibility index (Phi) is 6.43. The first-order chi connectivity index (χ1) is 11.4. The second-order valence-electron chi connectivity index (χ2n) is 6.87. The minimum absolute atomic E-state index is 0.0370. The lowest BCUT2D eigenvalue weighted by atomic mass is 9.95. The third kappa shape index (κ3) is 4.60. The average molecular weight is 335 g/mol. The molecule has 0 saturated carbocycles. The molecular formula is C18H29N3O3. The van der Waals surface area contributed by atoms with Crippen LogP contribution in [0.4, 0.5) is 0 Å². The maximum absolute atomic E-state index is 11.7. The van der Waals surface area contributed by atoms with Gasteiger partial charge in [-0.25, -0.2) is 0 Å². The van der Waals surface area contributed by atoms with Gasteiger partial charge >= 0.3 is 5.97 Å². The van der Waals surface area contributed by atoms with Crippen molar-refractivity contribution in [3.05, 3.63) is 24.5 Å². The fourth-order valence-electron chi connectivity index (χ4n) is 3.76. The third-order valence-electron chi connectivity index (χ3n) is 4.98. The number of carbonyl (C=O) groups excluding carboxylic acids is 1. The maximum atomic E-state index is 11.7. The van der Waals surface area contributed by atoms with Crippen LogP contribution in [0.2, 0.25) is 0 Å². The van der Waals surface area contributed by atoms with Crippen LogP contribution in [0.3, 0.4) is 0 Å². The van der Waals surface area contributed by atoms with Crippen molar-refractivity contribution in [2.24, 2.45) is 5.92 Å². The topological polar surface area (TPSA) is 74.6 Å². The summed E-state index contributed by atoms with van der Waals surface area (Å²) in [7, 11) is 0. The summed E-state index contributed by atoms with van der Waals surface area (Å²) in [6, 6.07) is 3.72. The fourth-order valence-corrected chi connectivity index (χ4v) is 3.76. The van der Waals surface area contributed by atoms with Gasteiger partial charge in [-0.2, -0.15) is 0 Å². The maximum Gasteiger partial charge on any atom is 0.321 e. The summed E-state index contributed by atoms with van der Waals surface area (Å²) >= 11 is 0. The van der Waals surface area contributed by atoms with Gasteiger partial charge in [-0.15, -0.1) is 0 Å². The number of hydrogen-bond donors (Lipinski definition) is 2. The van der Waals surface area contributed by atoms with Crippen molar-refractivity contribution in [2.45, 2.75) is 58.2 Å². The highest BCUT2D eigenvalue weighted by atomic mass is 16.4. The molecule has 1 fully saturated rings. The van der Waals surface area contributed by atoms with Crippen molar-refractivity contribution >= 4 is 11.9 Å². The smallest absolute Gasteiger partial charge is 0.321 e. The normalized spacial score (nSPS) is 23.8. The number of likely N-dealkylation sites (tertiary alicyclic amines) is 1. The fraction of sp³-hybridized carbons (Fsp3) is 0.667. The Morgan fingerprint density at radius 3 is 2.54 bits per heavy atom. The number of carbonyl (C=O) groups is 2. The zero-order valence-corrected chi connectivity index (χ0v) is 14.8. The van der Waals surface area contributed by atoms with Crippen LogP contribution in [-0.4, -0.2) is 51.6 Å². The SMILES string of the molecule is CCC[C@@H](CN1CC(n2cccc2)CC1C(=O)O)C(C)NC(C)=O. The molecule has 4 atom stereocenters. The zero-order chi connectivity index (χ0) is 17.7. The summed E-state index contributed by atoms with van der Waals surface area (Å²) in [5, 5.41) is 12.6. The highest BCUT2D eigenvalue weighted by Gasteiger charge is 2.38. The molecule has 0 bridgehead atoms. The van der Waals surface area contributed by atoms with Gasteiger partial charge in [0.25, 0.3) is 0 Å². The molecule has 2 rings (SSSR count). The minimum atomic E-state index is -0.757. The molecule has 1 saturated heterocycles. The van der Waals surface area contributed by atoms with Gasteiger partial charge in [-0.1, -0.05) is 13.3 Å². The Bertz CT molecular complexity index is 544. The van der Waals surface area contributed by atoms with Crippen LogP contribution in [0.1, 0.15) is 46.1 Å². The van der Waals surface area contributed by atoms with Gasteiger partial charge in [-0.05, 0) is 37.8 Å². The van der Waals surface area contributed by atoms with E-state index in [-0.39, 0.29) is 23.9 Å². The highest BCUT2D eigenvalue weighted by molar-refractivity contribution is 5.74. The Labute approximate surface area is 143 Å². The van der Waals surface area contributed by atoms with Crippen molar-refractivity contribution in [1.29, 1.82) is 0 Å². The molecule has 2 heterocycles. The van der Waals surface area contributed by atoms with Gasteiger partial charge in [0.1, 0.15) is 6.04 Å². The van der Waals surface area contributed by atoms with E-state index >= 15 is 0 Å². The molecule has 6 nitrogen and oxygen atoms in total. The molecular weight excluding hydrogens is 306 g/mol. The molecule has 3 unspecified atom stereocenters. The first-order valence-electron chi connectivity index (χ1n) is 8.78. The van der Waals surface area contributed by atoms with E-state index in [2.05, 4.69) is 21.7 Å². The molecule has 1 amide bonds. The van der Waals surface area contributed by atoms with Crippen molar-refractivity contribution in [3.8, 4) is 0 Å². The highest BCUT2D eigenvalue weighted by Crippen LogP contribution is 2.29. The second-order valence-corrected chi connectivity index (χ2v) is 6.87. The molecule has 1 aliphatic rings. The van der Waals surface area contributed by atoms with E-state index in [0.29, 0.717) is 13.0 Å². The number of rotatable bonds is 8. The van der Waals surface area contributed by atoms with Crippen LogP contribution < -0.4 is 5.32 Å². The standard InChI is InChI=1S/C18H29N3O3/c1-4-7-15(13(2)19-14(3)22)11-21-12-16(10-17(21)18(23)24)20-8-5-6-9-20/h5-6,8-9,13,15-17H,4,7,10-12H2,1-3H3,(H,19,22)(H,23,24)/t13?,15-,16?,17?/m0/s1. The monoisotopic (exact) mass is 335 g/mol. The molecule has 1 aromatic rings. The van der Waals surface area contributed by atoms with E-state index in [4.69, 9.17) is 0 Å². The third-order valence-corrected chi connectivity index (χ3v) is 4.98.